The number of aliphatic carboxylic acids is 1. The highest BCUT2D eigenvalue weighted by Gasteiger charge is 2.31. The molecule has 0 aromatic rings. The molecule has 0 aromatic carbocycles. The Labute approximate surface area is 102 Å². The monoisotopic (exact) mass is 239 g/mol. The Morgan fingerprint density at radius 1 is 1.24 bits per heavy atom. The molecule has 2 fully saturated rings. The summed E-state index contributed by atoms with van der Waals surface area (Å²) in [6.07, 6.45) is 7.13. The van der Waals surface area contributed by atoms with Gasteiger partial charge in [-0.15, -0.1) is 0 Å². The standard InChI is InChI=1S/C13H21NO3/c15-12-7-6-11(13(16)17)9-14(12)8-10-4-2-1-3-5-10/h10-11H,1-9H2,(H,16,17). The third-order valence-electron chi connectivity index (χ3n) is 4.05. The predicted molar refractivity (Wildman–Crippen MR) is 63.5 cm³/mol. The molecule has 1 atom stereocenters. The summed E-state index contributed by atoms with van der Waals surface area (Å²) in [5.41, 5.74) is 0. The molecule has 2 rings (SSSR count). The van der Waals surface area contributed by atoms with Crippen molar-refractivity contribution in [2.75, 3.05) is 13.1 Å². The number of hydrogen-bond donors (Lipinski definition) is 1. The number of carboxylic acids is 1. The fraction of sp³-hybridized carbons (Fsp3) is 0.846. The van der Waals surface area contributed by atoms with Gasteiger partial charge in [0.05, 0.1) is 5.92 Å². The lowest BCUT2D eigenvalue weighted by Crippen LogP contribution is -2.44. The third-order valence-corrected chi connectivity index (χ3v) is 4.05. The number of rotatable bonds is 3. The molecule has 2 aliphatic rings. The second kappa shape index (κ2) is 5.52. The van der Waals surface area contributed by atoms with Gasteiger partial charge >= 0.3 is 5.97 Å². The number of amides is 1. The molecular formula is C13H21NO3. The maximum absolute atomic E-state index is 11.8. The number of likely N-dealkylation sites (tertiary alicyclic amines) is 1. The highest BCUT2D eigenvalue weighted by Crippen LogP contribution is 2.26. The second-order valence-electron chi connectivity index (χ2n) is 5.38. The van der Waals surface area contributed by atoms with Crippen LogP contribution in [-0.4, -0.2) is 35.0 Å². The van der Waals surface area contributed by atoms with Crippen molar-refractivity contribution in [1.29, 1.82) is 0 Å². The summed E-state index contributed by atoms with van der Waals surface area (Å²) in [5, 5.41) is 9.01. The first-order chi connectivity index (χ1) is 8.16. The lowest BCUT2D eigenvalue weighted by atomic mass is 9.88. The Hall–Kier alpha value is -1.06. The van der Waals surface area contributed by atoms with Crippen molar-refractivity contribution in [1.82, 2.24) is 4.90 Å². The van der Waals surface area contributed by atoms with Crippen LogP contribution in [0.15, 0.2) is 0 Å². The molecule has 17 heavy (non-hydrogen) atoms. The lowest BCUT2D eigenvalue weighted by Gasteiger charge is -2.34. The Morgan fingerprint density at radius 3 is 2.59 bits per heavy atom. The van der Waals surface area contributed by atoms with Crippen molar-refractivity contribution in [3.8, 4) is 0 Å². The van der Waals surface area contributed by atoms with Crippen LogP contribution in [0.3, 0.4) is 0 Å². The highest BCUT2D eigenvalue weighted by atomic mass is 16.4. The van der Waals surface area contributed by atoms with E-state index in [4.69, 9.17) is 5.11 Å². The van der Waals surface area contributed by atoms with Crippen molar-refractivity contribution in [3.63, 3.8) is 0 Å². The van der Waals surface area contributed by atoms with Gasteiger partial charge in [-0.3, -0.25) is 9.59 Å². The molecule has 1 unspecified atom stereocenters. The van der Waals surface area contributed by atoms with Gasteiger partial charge in [-0.05, 0) is 25.2 Å². The van der Waals surface area contributed by atoms with E-state index in [0.29, 0.717) is 25.3 Å². The summed E-state index contributed by atoms with van der Waals surface area (Å²) in [4.78, 5) is 24.5. The average molecular weight is 239 g/mol. The number of carbonyl (C=O) groups is 2. The van der Waals surface area contributed by atoms with Crippen molar-refractivity contribution in [2.45, 2.75) is 44.9 Å². The molecule has 4 heteroatoms. The van der Waals surface area contributed by atoms with Crippen LogP contribution in [0.5, 0.6) is 0 Å². The van der Waals surface area contributed by atoms with Crippen LogP contribution in [0.25, 0.3) is 0 Å². The normalized spacial score (nSPS) is 27.2. The maximum atomic E-state index is 11.8. The molecule has 1 saturated heterocycles. The van der Waals surface area contributed by atoms with Gasteiger partial charge in [-0.25, -0.2) is 0 Å². The lowest BCUT2D eigenvalue weighted by molar-refractivity contribution is -0.147. The molecule has 4 nitrogen and oxygen atoms in total. The quantitative estimate of drug-likeness (QED) is 0.818. The summed E-state index contributed by atoms with van der Waals surface area (Å²) in [6, 6.07) is 0. The van der Waals surface area contributed by atoms with E-state index in [2.05, 4.69) is 0 Å². The van der Waals surface area contributed by atoms with Gasteiger partial charge in [0.2, 0.25) is 5.91 Å². The van der Waals surface area contributed by atoms with Gasteiger partial charge in [-0.1, -0.05) is 19.3 Å². The molecule has 0 radical (unpaired) electrons. The first kappa shape index (κ1) is 12.4. The largest absolute Gasteiger partial charge is 0.481 e. The zero-order valence-electron chi connectivity index (χ0n) is 10.2. The highest BCUT2D eigenvalue weighted by molar-refractivity contribution is 5.80. The molecule has 1 N–H and O–H groups in total. The van der Waals surface area contributed by atoms with Gasteiger partial charge < -0.3 is 10.0 Å². The van der Waals surface area contributed by atoms with Gasteiger partial charge in [0.1, 0.15) is 0 Å². The average Bonchev–Trinajstić information content (AvgIpc) is 2.33. The number of carbonyl (C=O) groups excluding carboxylic acids is 1. The minimum Gasteiger partial charge on any atom is -0.481 e. The van der Waals surface area contributed by atoms with E-state index < -0.39 is 5.97 Å². The minimum atomic E-state index is -0.758. The summed E-state index contributed by atoms with van der Waals surface area (Å²) < 4.78 is 0. The van der Waals surface area contributed by atoms with Gasteiger partial charge in [-0.2, -0.15) is 0 Å². The first-order valence-electron chi connectivity index (χ1n) is 6.67. The van der Waals surface area contributed by atoms with Crippen LogP contribution in [0.1, 0.15) is 44.9 Å². The molecule has 0 spiro atoms. The zero-order chi connectivity index (χ0) is 12.3. The van der Waals surface area contributed by atoms with E-state index in [1.165, 1.54) is 32.1 Å². The Bertz CT molecular complexity index is 297. The van der Waals surface area contributed by atoms with Crippen molar-refractivity contribution in [3.05, 3.63) is 0 Å². The smallest absolute Gasteiger partial charge is 0.308 e. The van der Waals surface area contributed by atoms with Crippen LogP contribution in [0.2, 0.25) is 0 Å². The topological polar surface area (TPSA) is 57.6 Å². The van der Waals surface area contributed by atoms with Gasteiger partial charge in [0.25, 0.3) is 0 Å². The Kier molecular flexibility index (Phi) is 4.02. The van der Waals surface area contributed by atoms with Crippen LogP contribution in [0.4, 0.5) is 0 Å². The van der Waals surface area contributed by atoms with Crippen LogP contribution >= 0.6 is 0 Å². The van der Waals surface area contributed by atoms with E-state index in [1.54, 1.807) is 4.90 Å². The SMILES string of the molecule is O=C(O)C1CCC(=O)N(CC2CCCCC2)C1. The van der Waals surface area contributed by atoms with Crippen LogP contribution in [-0.2, 0) is 9.59 Å². The molecule has 0 aromatic heterocycles. The van der Waals surface area contributed by atoms with Crippen molar-refractivity contribution >= 4 is 11.9 Å². The van der Waals surface area contributed by atoms with Gasteiger partial charge in [0, 0.05) is 19.5 Å². The Morgan fingerprint density at radius 2 is 1.94 bits per heavy atom. The van der Waals surface area contributed by atoms with Gasteiger partial charge in [0.15, 0.2) is 0 Å². The molecule has 0 bridgehead atoms. The van der Waals surface area contributed by atoms with E-state index in [9.17, 15) is 9.59 Å². The van der Waals surface area contributed by atoms with E-state index in [-0.39, 0.29) is 11.8 Å². The van der Waals surface area contributed by atoms with E-state index in [1.807, 2.05) is 0 Å². The van der Waals surface area contributed by atoms with Crippen LogP contribution < -0.4 is 0 Å². The maximum Gasteiger partial charge on any atom is 0.308 e. The molecule has 96 valence electrons. The molecular weight excluding hydrogens is 218 g/mol. The minimum absolute atomic E-state index is 0.146. The molecule has 1 aliphatic carbocycles. The van der Waals surface area contributed by atoms with E-state index >= 15 is 0 Å². The Balaban J connectivity index is 1.88. The predicted octanol–water partition coefficient (Wildman–Crippen LogP) is 1.89. The summed E-state index contributed by atoms with van der Waals surface area (Å²) in [6.45, 7) is 1.20. The number of piperidine rings is 1. The zero-order valence-corrected chi connectivity index (χ0v) is 10.2. The fourth-order valence-corrected chi connectivity index (χ4v) is 2.97. The molecule has 1 heterocycles. The number of nitrogens with zero attached hydrogens (tertiary/aromatic N) is 1. The summed E-state index contributed by atoms with van der Waals surface area (Å²) >= 11 is 0. The summed E-state index contributed by atoms with van der Waals surface area (Å²) in [7, 11) is 0. The molecule has 1 amide bonds. The van der Waals surface area contributed by atoms with E-state index in [0.717, 1.165) is 6.54 Å². The first-order valence-corrected chi connectivity index (χ1v) is 6.67. The van der Waals surface area contributed by atoms with Crippen LogP contribution in [0, 0.1) is 11.8 Å². The number of carboxylic acid groups (broad SMARTS) is 1. The molecule has 1 saturated carbocycles. The summed E-state index contributed by atoms with van der Waals surface area (Å²) in [5.74, 6) is -0.365. The third kappa shape index (κ3) is 3.20. The number of hydrogen-bond acceptors (Lipinski definition) is 2. The second-order valence-corrected chi connectivity index (χ2v) is 5.38. The molecule has 1 aliphatic heterocycles. The fourth-order valence-electron chi connectivity index (χ4n) is 2.97. The van der Waals surface area contributed by atoms with Crippen molar-refractivity contribution < 1.29 is 14.7 Å². The van der Waals surface area contributed by atoms with Crippen molar-refractivity contribution in [2.24, 2.45) is 11.8 Å².